The summed E-state index contributed by atoms with van der Waals surface area (Å²) in [6.07, 6.45) is 0. The van der Waals surface area contributed by atoms with E-state index in [-0.39, 0.29) is 22.2 Å². The molecule has 0 bridgehead atoms. The van der Waals surface area contributed by atoms with Gasteiger partial charge in [-0.3, -0.25) is 14.9 Å². The molecule has 1 N–H and O–H groups in total. The standard InChI is InChI=1S/C17H14ClFN2O7/c1-26-14-6-10(13(21(24)25)7-15(14)27-2)17(23)28-8-16(22)20-9-3-4-12(19)11(18)5-9/h3-7H,8H2,1-2H3,(H,20,22). The number of methoxy groups -OCH3 is 2. The fourth-order valence-corrected chi connectivity index (χ4v) is 2.34. The molecule has 0 aliphatic carbocycles. The summed E-state index contributed by atoms with van der Waals surface area (Å²) in [6.45, 7) is -0.737. The average Bonchev–Trinajstić information content (AvgIpc) is 2.67. The van der Waals surface area contributed by atoms with Crippen molar-refractivity contribution < 1.29 is 33.1 Å². The van der Waals surface area contributed by atoms with Crippen LogP contribution in [0.4, 0.5) is 15.8 Å². The van der Waals surface area contributed by atoms with Gasteiger partial charge in [0.05, 0.1) is 30.2 Å². The van der Waals surface area contributed by atoms with Crippen molar-refractivity contribution in [3.8, 4) is 11.5 Å². The number of nitrogens with zero attached hydrogens (tertiary/aromatic N) is 1. The minimum Gasteiger partial charge on any atom is -0.493 e. The van der Waals surface area contributed by atoms with E-state index in [4.69, 9.17) is 25.8 Å². The number of ether oxygens (including phenoxy) is 3. The number of hydrogen-bond donors (Lipinski definition) is 1. The summed E-state index contributed by atoms with van der Waals surface area (Å²) >= 11 is 5.61. The minimum atomic E-state index is -1.11. The normalized spacial score (nSPS) is 10.1. The Bertz CT molecular complexity index is 936. The van der Waals surface area contributed by atoms with Crippen LogP contribution in [0.15, 0.2) is 30.3 Å². The molecule has 0 heterocycles. The van der Waals surface area contributed by atoms with Gasteiger partial charge in [0.2, 0.25) is 0 Å². The summed E-state index contributed by atoms with van der Waals surface area (Å²) < 4.78 is 27.9. The van der Waals surface area contributed by atoms with Crippen LogP contribution < -0.4 is 14.8 Å². The predicted molar refractivity (Wildman–Crippen MR) is 96.5 cm³/mol. The second kappa shape index (κ2) is 9.00. The van der Waals surface area contributed by atoms with Gasteiger partial charge in [0.1, 0.15) is 11.4 Å². The van der Waals surface area contributed by atoms with Crippen LogP contribution in [0.1, 0.15) is 10.4 Å². The van der Waals surface area contributed by atoms with E-state index in [0.717, 1.165) is 18.2 Å². The van der Waals surface area contributed by atoms with Crippen molar-refractivity contribution in [2.75, 3.05) is 26.1 Å². The Morgan fingerprint density at radius 1 is 1.18 bits per heavy atom. The summed E-state index contributed by atoms with van der Waals surface area (Å²) in [7, 11) is 2.58. The number of nitro benzene ring substituents is 1. The molecule has 11 heteroatoms. The van der Waals surface area contributed by atoms with Crippen molar-refractivity contribution in [2.45, 2.75) is 0 Å². The van der Waals surface area contributed by atoms with E-state index in [0.29, 0.717) is 0 Å². The Kier molecular flexibility index (Phi) is 6.72. The van der Waals surface area contributed by atoms with Crippen molar-refractivity contribution in [1.29, 1.82) is 0 Å². The lowest BCUT2D eigenvalue weighted by atomic mass is 10.1. The quantitative estimate of drug-likeness (QED) is 0.421. The molecule has 2 rings (SSSR count). The maximum absolute atomic E-state index is 13.1. The third-order valence-electron chi connectivity index (χ3n) is 3.46. The minimum absolute atomic E-state index is 0.0525. The number of nitro groups is 1. The molecule has 9 nitrogen and oxygen atoms in total. The van der Waals surface area contributed by atoms with Gasteiger partial charge in [0, 0.05) is 11.8 Å². The topological polar surface area (TPSA) is 117 Å². The molecular formula is C17H14ClFN2O7. The van der Waals surface area contributed by atoms with Gasteiger partial charge in [0.25, 0.3) is 11.6 Å². The first-order chi connectivity index (χ1) is 13.3. The van der Waals surface area contributed by atoms with E-state index >= 15 is 0 Å². The van der Waals surface area contributed by atoms with Gasteiger partial charge in [-0.15, -0.1) is 0 Å². The van der Waals surface area contributed by atoms with Crippen molar-refractivity contribution in [3.63, 3.8) is 0 Å². The van der Waals surface area contributed by atoms with Crippen LogP contribution in [0, 0.1) is 15.9 Å². The van der Waals surface area contributed by atoms with Gasteiger partial charge in [-0.25, -0.2) is 9.18 Å². The van der Waals surface area contributed by atoms with Crippen molar-refractivity contribution >= 4 is 34.9 Å². The largest absolute Gasteiger partial charge is 0.493 e. The lowest BCUT2D eigenvalue weighted by Crippen LogP contribution is -2.21. The van der Waals surface area contributed by atoms with Crippen LogP contribution in [0.2, 0.25) is 5.02 Å². The van der Waals surface area contributed by atoms with Crippen LogP contribution in [0.25, 0.3) is 0 Å². The number of carbonyl (C=O) groups is 2. The Labute approximate surface area is 163 Å². The molecule has 0 fully saturated rings. The van der Waals surface area contributed by atoms with Gasteiger partial charge >= 0.3 is 5.97 Å². The van der Waals surface area contributed by atoms with Crippen LogP contribution in [-0.2, 0) is 9.53 Å². The summed E-state index contributed by atoms with van der Waals surface area (Å²) in [5.41, 5.74) is -0.807. The molecule has 28 heavy (non-hydrogen) atoms. The first-order valence-electron chi connectivity index (χ1n) is 7.59. The van der Waals surface area contributed by atoms with Crippen molar-refractivity contribution in [2.24, 2.45) is 0 Å². The van der Waals surface area contributed by atoms with Gasteiger partial charge in [0.15, 0.2) is 18.1 Å². The van der Waals surface area contributed by atoms with E-state index in [2.05, 4.69) is 5.32 Å². The molecule has 0 saturated heterocycles. The van der Waals surface area contributed by atoms with Crippen LogP contribution in [0.5, 0.6) is 11.5 Å². The molecule has 0 spiro atoms. The molecule has 1 amide bonds. The van der Waals surface area contributed by atoms with Gasteiger partial charge in [-0.2, -0.15) is 0 Å². The molecule has 0 atom stereocenters. The SMILES string of the molecule is COc1cc(C(=O)OCC(=O)Nc2ccc(F)c(Cl)c2)c([N+](=O)[O-])cc1OC. The average molecular weight is 413 g/mol. The van der Waals surface area contributed by atoms with Crippen molar-refractivity contribution in [1.82, 2.24) is 0 Å². The van der Waals surface area contributed by atoms with E-state index < -0.39 is 40.5 Å². The number of hydrogen-bond acceptors (Lipinski definition) is 7. The monoisotopic (exact) mass is 412 g/mol. The van der Waals surface area contributed by atoms with E-state index in [1.807, 2.05) is 0 Å². The zero-order valence-electron chi connectivity index (χ0n) is 14.7. The highest BCUT2D eigenvalue weighted by atomic mass is 35.5. The maximum atomic E-state index is 13.1. The molecule has 0 unspecified atom stereocenters. The molecule has 0 aliphatic heterocycles. The van der Waals surface area contributed by atoms with E-state index in [9.17, 15) is 24.1 Å². The summed E-state index contributed by atoms with van der Waals surface area (Å²) in [5, 5.41) is 13.4. The Morgan fingerprint density at radius 2 is 1.82 bits per heavy atom. The Hall–Kier alpha value is -3.40. The third-order valence-corrected chi connectivity index (χ3v) is 3.75. The van der Waals surface area contributed by atoms with Crippen LogP contribution in [0.3, 0.4) is 0 Å². The number of benzene rings is 2. The lowest BCUT2D eigenvalue weighted by molar-refractivity contribution is -0.385. The van der Waals surface area contributed by atoms with E-state index in [1.165, 1.54) is 26.4 Å². The van der Waals surface area contributed by atoms with Crippen LogP contribution >= 0.6 is 11.6 Å². The lowest BCUT2D eigenvalue weighted by Gasteiger charge is -2.11. The smallest absolute Gasteiger partial charge is 0.345 e. The highest BCUT2D eigenvalue weighted by Crippen LogP contribution is 2.34. The predicted octanol–water partition coefficient (Wildman–Crippen LogP) is 3.20. The molecular weight excluding hydrogens is 399 g/mol. The molecule has 2 aromatic rings. The molecule has 148 valence electrons. The van der Waals surface area contributed by atoms with Crippen molar-refractivity contribution in [3.05, 3.63) is 56.8 Å². The highest BCUT2D eigenvalue weighted by Gasteiger charge is 2.26. The Balaban J connectivity index is 2.12. The maximum Gasteiger partial charge on any atom is 0.345 e. The number of nitrogens with one attached hydrogen (secondary N) is 1. The second-order valence-electron chi connectivity index (χ2n) is 5.23. The number of anilines is 1. The van der Waals surface area contributed by atoms with Gasteiger partial charge in [-0.05, 0) is 18.2 Å². The summed E-state index contributed by atoms with van der Waals surface area (Å²) in [5.74, 6) is -2.40. The molecule has 0 aliphatic rings. The zero-order valence-corrected chi connectivity index (χ0v) is 15.4. The fourth-order valence-electron chi connectivity index (χ4n) is 2.16. The van der Waals surface area contributed by atoms with Crippen LogP contribution in [-0.4, -0.2) is 37.6 Å². The third kappa shape index (κ3) is 4.86. The first kappa shape index (κ1) is 20.9. The molecule has 0 aromatic heterocycles. The number of carbonyl (C=O) groups excluding carboxylic acids is 2. The number of halogens is 2. The molecule has 2 aromatic carbocycles. The zero-order chi connectivity index (χ0) is 20.8. The number of esters is 1. The first-order valence-corrected chi connectivity index (χ1v) is 7.97. The summed E-state index contributed by atoms with van der Waals surface area (Å²) in [6, 6.07) is 5.58. The Morgan fingerprint density at radius 3 is 2.39 bits per heavy atom. The second-order valence-corrected chi connectivity index (χ2v) is 5.64. The summed E-state index contributed by atoms with van der Waals surface area (Å²) in [4.78, 5) is 34.5. The fraction of sp³-hybridized carbons (Fsp3) is 0.176. The molecule has 0 saturated carbocycles. The van der Waals surface area contributed by atoms with Gasteiger partial charge < -0.3 is 19.5 Å². The molecule has 0 radical (unpaired) electrons. The number of amides is 1. The number of rotatable bonds is 7. The highest BCUT2D eigenvalue weighted by molar-refractivity contribution is 6.31. The van der Waals surface area contributed by atoms with E-state index in [1.54, 1.807) is 0 Å². The van der Waals surface area contributed by atoms with Gasteiger partial charge in [-0.1, -0.05) is 11.6 Å².